The van der Waals surface area contributed by atoms with Crippen molar-refractivity contribution in [2.45, 2.75) is 6.54 Å². The lowest BCUT2D eigenvalue weighted by Crippen LogP contribution is -2.22. The summed E-state index contributed by atoms with van der Waals surface area (Å²) in [5.74, 6) is 0.423. The summed E-state index contributed by atoms with van der Waals surface area (Å²) in [4.78, 5) is 29.1. The van der Waals surface area contributed by atoms with Gasteiger partial charge in [-0.1, -0.05) is 18.2 Å². The molecule has 0 bridgehead atoms. The van der Waals surface area contributed by atoms with Gasteiger partial charge in [0.1, 0.15) is 0 Å². The van der Waals surface area contributed by atoms with Gasteiger partial charge in [-0.05, 0) is 12.1 Å². The second-order valence-electron chi connectivity index (χ2n) is 7.53. The van der Waals surface area contributed by atoms with Crippen molar-refractivity contribution in [2.24, 2.45) is 5.73 Å². The van der Waals surface area contributed by atoms with Gasteiger partial charge in [-0.15, -0.1) is 0 Å². The fourth-order valence-electron chi connectivity index (χ4n) is 4.45. The SMILES string of the molecule is NCCn1cc(C2=C(c3c[nH]c4ccccc34)C(=O)NC2=O)c2cc3c(cc21)OCO3. The molecule has 0 unspecified atom stereocenters. The first kappa shape index (κ1) is 17.8. The van der Waals surface area contributed by atoms with Gasteiger partial charge in [0.05, 0.1) is 16.7 Å². The van der Waals surface area contributed by atoms with Crippen molar-refractivity contribution in [1.82, 2.24) is 14.9 Å². The zero-order valence-corrected chi connectivity index (χ0v) is 16.4. The summed E-state index contributed by atoms with van der Waals surface area (Å²) in [6, 6.07) is 11.4. The number of hydrogen-bond donors (Lipinski definition) is 3. The van der Waals surface area contributed by atoms with Crippen LogP contribution in [0.1, 0.15) is 11.1 Å². The van der Waals surface area contributed by atoms with Crippen molar-refractivity contribution < 1.29 is 19.1 Å². The Kier molecular flexibility index (Phi) is 3.72. The van der Waals surface area contributed by atoms with Crippen molar-refractivity contribution in [1.29, 1.82) is 0 Å². The molecule has 4 heterocycles. The smallest absolute Gasteiger partial charge is 0.259 e. The number of carbonyl (C=O) groups excluding carboxylic acids is 2. The lowest BCUT2D eigenvalue weighted by Gasteiger charge is -2.04. The van der Waals surface area contributed by atoms with Gasteiger partial charge in [0, 0.05) is 59.0 Å². The number of H-pyrrole nitrogens is 1. The molecule has 2 aliphatic heterocycles. The number of aromatic amines is 1. The predicted molar refractivity (Wildman–Crippen MR) is 115 cm³/mol. The summed E-state index contributed by atoms with van der Waals surface area (Å²) in [5.41, 5.74) is 9.62. The van der Waals surface area contributed by atoms with Gasteiger partial charge in [-0.25, -0.2) is 0 Å². The van der Waals surface area contributed by atoms with E-state index in [9.17, 15) is 9.59 Å². The van der Waals surface area contributed by atoms with E-state index < -0.39 is 11.8 Å². The maximum absolute atomic E-state index is 13.0. The Balaban J connectivity index is 1.66. The highest BCUT2D eigenvalue weighted by Gasteiger charge is 2.35. The Morgan fingerprint density at radius 1 is 0.968 bits per heavy atom. The molecular weight excluding hydrogens is 396 g/mol. The number of para-hydroxylation sites is 1. The van der Waals surface area contributed by atoms with Gasteiger partial charge >= 0.3 is 0 Å². The van der Waals surface area contributed by atoms with Crippen LogP contribution < -0.4 is 20.5 Å². The lowest BCUT2D eigenvalue weighted by atomic mass is 9.95. The van der Waals surface area contributed by atoms with Gasteiger partial charge in [-0.3, -0.25) is 14.9 Å². The number of imide groups is 1. The van der Waals surface area contributed by atoms with Crippen molar-refractivity contribution in [3.63, 3.8) is 0 Å². The van der Waals surface area contributed by atoms with Crippen molar-refractivity contribution >= 4 is 44.8 Å². The second kappa shape index (κ2) is 6.48. The summed E-state index contributed by atoms with van der Waals surface area (Å²) in [6.45, 7) is 1.13. The number of nitrogens with two attached hydrogens (primary N) is 1. The average Bonchev–Trinajstić information content (AvgIpc) is 3.52. The molecule has 2 amide bonds. The topological polar surface area (TPSA) is 111 Å². The molecule has 0 fully saturated rings. The molecule has 2 aromatic carbocycles. The minimum absolute atomic E-state index is 0.149. The summed E-state index contributed by atoms with van der Waals surface area (Å²) in [7, 11) is 0. The van der Waals surface area contributed by atoms with Crippen LogP contribution in [0.15, 0.2) is 48.8 Å². The third-order valence-electron chi connectivity index (χ3n) is 5.80. The van der Waals surface area contributed by atoms with E-state index in [-0.39, 0.29) is 6.79 Å². The molecule has 0 saturated heterocycles. The number of ether oxygens (including phenoxy) is 2. The minimum atomic E-state index is -0.422. The van der Waals surface area contributed by atoms with Crippen LogP contribution in [0.3, 0.4) is 0 Å². The first-order chi connectivity index (χ1) is 15.2. The first-order valence-corrected chi connectivity index (χ1v) is 9.95. The quantitative estimate of drug-likeness (QED) is 0.444. The van der Waals surface area contributed by atoms with Gasteiger partial charge in [0.25, 0.3) is 11.8 Å². The lowest BCUT2D eigenvalue weighted by molar-refractivity contribution is -0.122. The molecule has 8 nitrogen and oxygen atoms in total. The highest BCUT2D eigenvalue weighted by molar-refractivity contribution is 6.50. The monoisotopic (exact) mass is 414 g/mol. The molecule has 0 spiro atoms. The Morgan fingerprint density at radius 2 is 1.71 bits per heavy atom. The minimum Gasteiger partial charge on any atom is -0.454 e. The molecule has 0 radical (unpaired) electrons. The fraction of sp³-hybridized carbons (Fsp3) is 0.130. The van der Waals surface area contributed by atoms with Gasteiger partial charge < -0.3 is 24.8 Å². The molecule has 0 atom stereocenters. The molecule has 4 N–H and O–H groups in total. The molecule has 8 heteroatoms. The Morgan fingerprint density at radius 3 is 2.52 bits per heavy atom. The Hall–Kier alpha value is -4.04. The highest BCUT2D eigenvalue weighted by Crippen LogP contribution is 2.42. The fourth-order valence-corrected chi connectivity index (χ4v) is 4.45. The summed E-state index contributed by atoms with van der Waals surface area (Å²) >= 11 is 0. The number of nitrogens with zero attached hydrogens (tertiary/aromatic N) is 1. The van der Waals surface area contributed by atoms with E-state index in [1.807, 2.05) is 47.2 Å². The maximum atomic E-state index is 13.0. The van der Waals surface area contributed by atoms with Crippen LogP contribution >= 0.6 is 0 Å². The van der Waals surface area contributed by atoms with E-state index in [1.165, 1.54) is 0 Å². The van der Waals surface area contributed by atoms with E-state index >= 15 is 0 Å². The van der Waals surface area contributed by atoms with Crippen LogP contribution in [0, 0.1) is 0 Å². The van der Waals surface area contributed by atoms with Crippen LogP contribution in [0.5, 0.6) is 11.5 Å². The highest BCUT2D eigenvalue weighted by atomic mass is 16.7. The van der Waals surface area contributed by atoms with Gasteiger partial charge in [0.15, 0.2) is 11.5 Å². The molecule has 6 rings (SSSR count). The van der Waals surface area contributed by atoms with Crippen LogP contribution in [-0.4, -0.2) is 34.7 Å². The molecule has 4 aromatic rings. The maximum Gasteiger partial charge on any atom is 0.259 e. The van der Waals surface area contributed by atoms with Crippen molar-refractivity contribution in [3.8, 4) is 11.5 Å². The van der Waals surface area contributed by atoms with Crippen LogP contribution in [-0.2, 0) is 16.1 Å². The summed E-state index contributed by atoms with van der Waals surface area (Å²) < 4.78 is 13.1. The van der Waals surface area contributed by atoms with Crippen LogP contribution in [0.4, 0.5) is 0 Å². The van der Waals surface area contributed by atoms with Crippen LogP contribution in [0.2, 0.25) is 0 Å². The molecule has 0 aliphatic carbocycles. The average molecular weight is 414 g/mol. The number of carbonyl (C=O) groups is 2. The largest absolute Gasteiger partial charge is 0.454 e. The second-order valence-corrected chi connectivity index (χ2v) is 7.53. The molecule has 2 aliphatic rings. The third-order valence-corrected chi connectivity index (χ3v) is 5.80. The molecular formula is C23H18N4O4. The molecule has 2 aromatic heterocycles. The normalized spacial score (nSPS) is 15.5. The summed E-state index contributed by atoms with van der Waals surface area (Å²) in [6.07, 6.45) is 3.64. The standard InChI is InChI=1S/C23H18N4O4/c24-5-6-27-10-15(13-7-18-19(8-17(13)27)31-11-30-18)21-20(22(28)26-23(21)29)14-9-25-16-4-2-1-3-12(14)16/h1-4,7-10,25H,5-6,11,24H2,(H,26,28,29). The van der Waals surface area contributed by atoms with Crippen molar-refractivity contribution in [3.05, 3.63) is 59.9 Å². The zero-order valence-electron chi connectivity index (χ0n) is 16.4. The number of benzene rings is 2. The zero-order chi connectivity index (χ0) is 21.1. The predicted octanol–water partition coefficient (Wildman–Crippen LogP) is 2.38. The van der Waals surface area contributed by atoms with E-state index in [2.05, 4.69) is 10.3 Å². The number of aromatic nitrogens is 2. The van der Waals surface area contributed by atoms with E-state index in [1.54, 1.807) is 6.20 Å². The van der Waals surface area contributed by atoms with Gasteiger partial charge in [0.2, 0.25) is 6.79 Å². The molecule has 0 saturated carbocycles. The molecule has 154 valence electrons. The van der Waals surface area contributed by atoms with Gasteiger partial charge in [-0.2, -0.15) is 0 Å². The number of nitrogens with one attached hydrogen (secondary N) is 2. The van der Waals surface area contributed by atoms with E-state index in [0.717, 1.165) is 21.8 Å². The number of hydrogen-bond acceptors (Lipinski definition) is 5. The number of fused-ring (bicyclic) bond motifs is 3. The Bertz CT molecular complexity index is 1440. The van der Waals surface area contributed by atoms with E-state index in [4.69, 9.17) is 15.2 Å². The number of rotatable bonds is 4. The summed E-state index contributed by atoms with van der Waals surface area (Å²) in [5, 5.41) is 4.15. The number of amides is 2. The van der Waals surface area contributed by atoms with E-state index in [0.29, 0.717) is 46.9 Å². The van der Waals surface area contributed by atoms with Crippen molar-refractivity contribution in [2.75, 3.05) is 13.3 Å². The Labute approximate surface area is 176 Å². The van der Waals surface area contributed by atoms with Crippen LogP contribution in [0.25, 0.3) is 33.0 Å². The first-order valence-electron chi connectivity index (χ1n) is 9.95. The third kappa shape index (κ3) is 2.52. The molecule has 31 heavy (non-hydrogen) atoms.